The molecule has 0 aliphatic carbocycles. The molecule has 3 heterocycles. The van der Waals surface area contributed by atoms with Crippen molar-refractivity contribution < 1.29 is 4.74 Å². The van der Waals surface area contributed by atoms with E-state index < -0.39 is 0 Å². The van der Waals surface area contributed by atoms with E-state index in [1.165, 1.54) is 0 Å². The molecule has 27 heavy (non-hydrogen) atoms. The van der Waals surface area contributed by atoms with Crippen LogP contribution in [0.2, 0.25) is 0 Å². The summed E-state index contributed by atoms with van der Waals surface area (Å²) >= 11 is 1.63. The van der Waals surface area contributed by atoms with Gasteiger partial charge in [-0.1, -0.05) is 48.5 Å². The highest BCUT2D eigenvalue weighted by molar-refractivity contribution is 7.17. The largest absolute Gasteiger partial charge is 0.487 e. The van der Waals surface area contributed by atoms with Crippen LogP contribution in [0.4, 0.5) is 0 Å². The second-order valence-electron chi connectivity index (χ2n) is 6.19. The van der Waals surface area contributed by atoms with E-state index in [4.69, 9.17) is 9.72 Å². The van der Waals surface area contributed by atoms with Crippen LogP contribution in [0.5, 0.6) is 5.75 Å². The van der Waals surface area contributed by atoms with Crippen LogP contribution in [0.3, 0.4) is 0 Å². The SMILES string of the molecule is c1ccc(-c2ncc3scc(COc4cnc5ccccc5c4)c3n2)cc1. The third-order valence-corrected chi connectivity index (χ3v) is 5.33. The van der Waals surface area contributed by atoms with Crippen LogP contribution in [0.15, 0.2) is 78.4 Å². The molecule has 0 unspecified atom stereocenters. The fraction of sp³-hybridized carbons (Fsp3) is 0.0455. The molecule has 0 saturated heterocycles. The molecular weight excluding hydrogens is 354 g/mol. The second kappa shape index (κ2) is 6.78. The summed E-state index contributed by atoms with van der Waals surface area (Å²) in [5.41, 5.74) is 3.98. The molecule has 130 valence electrons. The molecule has 0 bridgehead atoms. The fourth-order valence-corrected chi connectivity index (χ4v) is 3.85. The van der Waals surface area contributed by atoms with Gasteiger partial charge in [-0.3, -0.25) is 4.98 Å². The third kappa shape index (κ3) is 3.13. The van der Waals surface area contributed by atoms with Gasteiger partial charge in [-0.05, 0) is 12.1 Å². The van der Waals surface area contributed by atoms with Crippen molar-refractivity contribution in [3.05, 3.63) is 84.0 Å². The van der Waals surface area contributed by atoms with Crippen LogP contribution >= 0.6 is 11.3 Å². The lowest BCUT2D eigenvalue weighted by atomic mass is 10.2. The van der Waals surface area contributed by atoms with Gasteiger partial charge in [-0.2, -0.15) is 0 Å². The Bertz CT molecular complexity index is 1230. The summed E-state index contributed by atoms with van der Waals surface area (Å²) in [7, 11) is 0. The lowest BCUT2D eigenvalue weighted by Gasteiger charge is -2.06. The van der Waals surface area contributed by atoms with E-state index in [9.17, 15) is 0 Å². The average Bonchev–Trinajstić information content (AvgIpc) is 3.15. The maximum absolute atomic E-state index is 6.00. The van der Waals surface area contributed by atoms with Gasteiger partial charge in [0.25, 0.3) is 0 Å². The molecule has 0 saturated carbocycles. The predicted octanol–water partition coefficient (Wildman–Crippen LogP) is 5.49. The van der Waals surface area contributed by atoms with Gasteiger partial charge in [0, 0.05) is 28.1 Å². The Hall–Kier alpha value is -3.31. The van der Waals surface area contributed by atoms with Crippen molar-refractivity contribution in [2.24, 2.45) is 0 Å². The van der Waals surface area contributed by atoms with Crippen molar-refractivity contribution in [2.75, 3.05) is 0 Å². The molecular formula is C22H15N3OS. The number of hydrogen-bond donors (Lipinski definition) is 0. The highest BCUT2D eigenvalue weighted by atomic mass is 32.1. The summed E-state index contributed by atoms with van der Waals surface area (Å²) in [5.74, 6) is 1.49. The predicted molar refractivity (Wildman–Crippen MR) is 109 cm³/mol. The third-order valence-electron chi connectivity index (χ3n) is 4.38. The Morgan fingerprint density at radius 3 is 2.67 bits per heavy atom. The normalized spacial score (nSPS) is 11.1. The minimum absolute atomic E-state index is 0.450. The molecule has 0 N–H and O–H groups in total. The number of fused-ring (bicyclic) bond motifs is 2. The zero-order chi connectivity index (χ0) is 18.1. The Morgan fingerprint density at radius 1 is 0.889 bits per heavy atom. The quantitative estimate of drug-likeness (QED) is 0.420. The van der Waals surface area contributed by atoms with Gasteiger partial charge in [0.2, 0.25) is 0 Å². The lowest BCUT2D eigenvalue weighted by Crippen LogP contribution is -1.97. The molecule has 0 aliphatic heterocycles. The van der Waals surface area contributed by atoms with Gasteiger partial charge in [-0.15, -0.1) is 11.3 Å². The zero-order valence-corrected chi connectivity index (χ0v) is 15.2. The van der Waals surface area contributed by atoms with Crippen LogP contribution < -0.4 is 4.74 Å². The molecule has 0 aliphatic rings. The van der Waals surface area contributed by atoms with E-state index in [0.717, 1.165) is 43.8 Å². The van der Waals surface area contributed by atoms with Crippen LogP contribution in [-0.4, -0.2) is 15.0 Å². The first-order chi connectivity index (χ1) is 13.4. The zero-order valence-electron chi connectivity index (χ0n) is 14.4. The maximum Gasteiger partial charge on any atom is 0.159 e. The summed E-state index contributed by atoms with van der Waals surface area (Å²) < 4.78 is 7.06. The molecule has 5 aromatic rings. The first-order valence-corrected chi connectivity index (χ1v) is 9.51. The number of thiophene rings is 1. The summed E-state index contributed by atoms with van der Waals surface area (Å²) in [5, 5.41) is 3.15. The van der Waals surface area contributed by atoms with Crippen molar-refractivity contribution in [3.63, 3.8) is 0 Å². The molecule has 0 fully saturated rings. The number of rotatable bonds is 4. The number of nitrogens with zero attached hydrogens (tertiary/aromatic N) is 3. The van der Waals surface area contributed by atoms with Gasteiger partial charge in [-0.25, -0.2) is 9.97 Å². The summed E-state index contributed by atoms with van der Waals surface area (Å²) in [6.07, 6.45) is 3.65. The standard InChI is InChI=1S/C22H15N3OS/c1-2-6-15(7-3-1)22-24-12-20-21(25-22)17(14-27-20)13-26-18-10-16-8-4-5-9-19(16)23-11-18/h1-12,14H,13H2. The van der Waals surface area contributed by atoms with E-state index in [2.05, 4.69) is 15.3 Å². The smallest absolute Gasteiger partial charge is 0.159 e. The highest BCUT2D eigenvalue weighted by Crippen LogP contribution is 2.27. The van der Waals surface area contributed by atoms with E-state index in [1.54, 1.807) is 17.5 Å². The van der Waals surface area contributed by atoms with E-state index in [-0.39, 0.29) is 0 Å². The number of aromatic nitrogens is 3. The molecule has 0 radical (unpaired) electrons. The van der Waals surface area contributed by atoms with Crippen LogP contribution in [0.1, 0.15) is 5.56 Å². The minimum Gasteiger partial charge on any atom is -0.487 e. The average molecular weight is 369 g/mol. The number of hydrogen-bond acceptors (Lipinski definition) is 5. The Kier molecular flexibility index (Phi) is 3.99. The second-order valence-corrected chi connectivity index (χ2v) is 7.10. The molecule has 5 rings (SSSR count). The molecule has 3 aromatic heterocycles. The Balaban J connectivity index is 1.44. The Labute approximate surface area is 160 Å². The molecule has 0 amide bonds. The van der Waals surface area contributed by atoms with E-state index in [0.29, 0.717) is 6.61 Å². The first-order valence-electron chi connectivity index (χ1n) is 8.63. The van der Waals surface area contributed by atoms with Crippen molar-refractivity contribution >= 4 is 32.5 Å². The summed E-state index contributed by atoms with van der Waals surface area (Å²) in [6.45, 7) is 0.450. The first kappa shape index (κ1) is 15.9. The van der Waals surface area contributed by atoms with Gasteiger partial charge in [0.05, 0.1) is 21.9 Å². The topological polar surface area (TPSA) is 47.9 Å². The van der Waals surface area contributed by atoms with Crippen LogP contribution in [-0.2, 0) is 6.61 Å². The molecule has 2 aromatic carbocycles. The molecule has 4 nitrogen and oxygen atoms in total. The van der Waals surface area contributed by atoms with Crippen LogP contribution in [0.25, 0.3) is 32.5 Å². The van der Waals surface area contributed by atoms with Crippen molar-refractivity contribution in [1.29, 1.82) is 0 Å². The molecule has 0 spiro atoms. The van der Waals surface area contributed by atoms with Gasteiger partial charge >= 0.3 is 0 Å². The van der Waals surface area contributed by atoms with Crippen LogP contribution in [0, 0.1) is 0 Å². The summed E-state index contributed by atoms with van der Waals surface area (Å²) in [4.78, 5) is 13.7. The van der Waals surface area contributed by atoms with E-state index in [1.807, 2.05) is 66.9 Å². The molecule has 5 heteroatoms. The number of pyridine rings is 1. The van der Waals surface area contributed by atoms with Crippen molar-refractivity contribution in [1.82, 2.24) is 15.0 Å². The van der Waals surface area contributed by atoms with Crippen molar-refractivity contribution in [2.45, 2.75) is 6.61 Å². The number of ether oxygens (including phenoxy) is 1. The fourth-order valence-electron chi connectivity index (χ4n) is 3.00. The Morgan fingerprint density at radius 2 is 1.74 bits per heavy atom. The number of para-hydroxylation sites is 1. The number of benzene rings is 2. The molecule has 0 atom stereocenters. The van der Waals surface area contributed by atoms with Crippen molar-refractivity contribution in [3.8, 4) is 17.1 Å². The van der Waals surface area contributed by atoms with E-state index >= 15 is 0 Å². The van der Waals surface area contributed by atoms with Gasteiger partial charge in [0.1, 0.15) is 12.4 Å². The minimum atomic E-state index is 0.450. The monoisotopic (exact) mass is 369 g/mol. The highest BCUT2D eigenvalue weighted by Gasteiger charge is 2.10. The van der Waals surface area contributed by atoms with Gasteiger partial charge in [0.15, 0.2) is 5.82 Å². The maximum atomic E-state index is 6.00. The lowest BCUT2D eigenvalue weighted by molar-refractivity contribution is 0.307. The summed E-state index contributed by atoms with van der Waals surface area (Å²) in [6, 6.07) is 20.0. The van der Waals surface area contributed by atoms with Gasteiger partial charge < -0.3 is 4.74 Å².